The Bertz CT molecular complexity index is 699. The van der Waals surface area contributed by atoms with Crippen molar-refractivity contribution in [3.63, 3.8) is 0 Å². The molecule has 0 amide bonds. The van der Waals surface area contributed by atoms with Crippen molar-refractivity contribution in [3.05, 3.63) is 16.7 Å². The zero-order chi connectivity index (χ0) is 15.1. The highest BCUT2D eigenvalue weighted by Crippen LogP contribution is 2.26. The number of imidazole rings is 1. The van der Waals surface area contributed by atoms with Gasteiger partial charge in [0, 0.05) is 0 Å². The van der Waals surface area contributed by atoms with Crippen LogP contribution >= 0.6 is 0 Å². The van der Waals surface area contributed by atoms with Crippen LogP contribution in [0.2, 0.25) is 0 Å². The molecule has 1 aliphatic heterocycles. The maximum absolute atomic E-state index is 12.2. The van der Waals surface area contributed by atoms with Gasteiger partial charge in [0.15, 0.2) is 11.7 Å². The molecule has 5 unspecified atom stereocenters. The summed E-state index contributed by atoms with van der Waals surface area (Å²) >= 11 is 0. The quantitative estimate of drug-likeness (QED) is 0.377. The van der Waals surface area contributed by atoms with Crippen LogP contribution in [0.5, 0.6) is 0 Å². The highest BCUT2D eigenvalue weighted by molar-refractivity contribution is 5.67. The van der Waals surface area contributed by atoms with E-state index in [1.165, 1.54) is 6.33 Å². The fourth-order valence-corrected chi connectivity index (χ4v) is 2.22. The molecule has 2 aromatic rings. The Kier molecular flexibility index (Phi) is 3.43. The summed E-state index contributed by atoms with van der Waals surface area (Å²) in [4.78, 5) is 18.6. The molecule has 11 heteroatoms. The van der Waals surface area contributed by atoms with Crippen LogP contribution in [-0.4, -0.2) is 76.4 Å². The molecule has 0 spiro atoms. The lowest BCUT2D eigenvalue weighted by molar-refractivity contribution is -0.255. The van der Waals surface area contributed by atoms with Gasteiger partial charge in [-0.3, -0.25) is 4.79 Å². The van der Waals surface area contributed by atoms with Crippen LogP contribution in [-0.2, 0) is 4.74 Å². The van der Waals surface area contributed by atoms with E-state index in [1.807, 2.05) is 0 Å². The van der Waals surface area contributed by atoms with Crippen LogP contribution in [0, 0.1) is 0 Å². The molecular formula is C10H13N5O6. The first-order chi connectivity index (χ1) is 10.0. The van der Waals surface area contributed by atoms with E-state index in [0.717, 1.165) is 4.68 Å². The Morgan fingerprint density at radius 3 is 2.76 bits per heavy atom. The van der Waals surface area contributed by atoms with Crippen LogP contribution < -0.4 is 5.56 Å². The summed E-state index contributed by atoms with van der Waals surface area (Å²) in [6.45, 7) is -0.601. The van der Waals surface area contributed by atoms with Gasteiger partial charge < -0.3 is 30.1 Å². The van der Waals surface area contributed by atoms with E-state index < -0.39 is 42.8 Å². The molecule has 0 aromatic carbocycles. The molecule has 21 heavy (non-hydrogen) atoms. The maximum atomic E-state index is 12.2. The lowest BCUT2D eigenvalue weighted by atomic mass is 9.98. The number of aliphatic hydroxyl groups is 4. The van der Waals surface area contributed by atoms with E-state index in [-0.39, 0.29) is 11.2 Å². The van der Waals surface area contributed by atoms with E-state index >= 15 is 0 Å². The number of H-pyrrole nitrogens is 1. The van der Waals surface area contributed by atoms with Crippen LogP contribution in [0.1, 0.15) is 6.23 Å². The number of aromatic amines is 1. The number of hydrogen-bond donors (Lipinski definition) is 5. The lowest BCUT2D eigenvalue weighted by Gasteiger charge is -2.39. The van der Waals surface area contributed by atoms with Crippen LogP contribution in [0.25, 0.3) is 11.2 Å². The predicted octanol–water partition coefficient (Wildman–Crippen LogP) is -3.51. The number of fused-ring (bicyclic) bond motifs is 1. The summed E-state index contributed by atoms with van der Waals surface area (Å²) in [5.74, 6) is 0. The van der Waals surface area contributed by atoms with Crippen molar-refractivity contribution in [1.29, 1.82) is 0 Å². The minimum absolute atomic E-state index is 0.0574. The number of hydrogen-bond acceptors (Lipinski definition) is 9. The standard InChI is InChI=1S/C10H13N5O6/c16-1-3-5(17)6(18)7(19)10(21-3)15-9(20)4-8(13-14-15)12-2-11-4/h2-3,5-7,10,16-19H,1H2,(H,11,12). The zero-order valence-electron chi connectivity index (χ0n) is 10.6. The van der Waals surface area contributed by atoms with Crippen molar-refractivity contribution in [2.75, 3.05) is 6.61 Å². The SMILES string of the molecule is O=c1c2[nH]cnc2nnn1C1OC(CO)C(O)C(O)C1O. The van der Waals surface area contributed by atoms with Crippen LogP contribution in [0.3, 0.4) is 0 Å². The Hall–Kier alpha value is -1.92. The molecule has 0 saturated carbocycles. The Morgan fingerprint density at radius 2 is 2.05 bits per heavy atom. The molecule has 3 rings (SSSR count). The molecule has 0 aliphatic carbocycles. The average molecular weight is 299 g/mol. The van der Waals surface area contributed by atoms with Gasteiger partial charge in [0.25, 0.3) is 5.56 Å². The van der Waals surface area contributed by atoms with Crippen molar-refractivity contribution >= 4 is 11.2 Å². The Balaban J connectivity index is 2.04. The van der Waals surface area contributed by atoms with E-state index in [1.54, 1.807) is 0 Å². The summed E-state index contributed by atoms with van der Waals surface area (Å²) < 4.78 is 5.96. The van der Waals surface area contributed by atoms with Crippen molar-refractivity contribution in [1.82, 2.24) is 25.0 Å². The topological polar surface area (TPSA) is 167 Å². The molecule has 0 radical (unpaired) electrons. The Morgan fingerprint density at radius 1 is 1.29 bits per heavy atom. The first-order valence-corrected chi connectivity index (χ1v) is 6.13. The molecule has 114 valence electrons. The first kappa shape index (κ1) is 14.0. The van der Waals surface area contributed by atoms with Crippen LogP contribution in [0.15, 0.2) is 11.1 Å². The Labute approximate surface area is 116 Å². The summed E-state index contributed by atoms with van der Waals surface area (Å²) in [7, 11) is 0. The third-order valence-corrected chi connectivity index (χ3v) is 3.39. The maximum Gasteiger partial charge on any atom is 0.298 e. The fraction of sp³-hybridized carbons (Fsp3) is 0.600. The largest absolute Gasteiger partial charge is 0.394 e. The number of aromatic nitrogens is 5. The van der Waals surface area contributed by atoms with E-state index in [9.17, 15) is 20.1 Å². The molecule has 1 aliphatic rings. The van der Waals surface area contributed by atoms with Gasteiger partial charge in [0.1, 0.15) is 24.4 Å². The molecule has 2 aromatic heterocycles. The highest BCUT2D eigenvalue weighted by Gasteiger charge is 2.45. The van der Waals surface area contributed by atoms with Gasteiger partial charge in [-0.25, -0.2) is 4.98 Å². The summed E-state index contributed by atoms with van der Waals surface area (Å²) in [6.07, 6.45) is -6.01. The van der Waals surface area contributed by atoms with Crippen LogP contribution in [0.4, 0.5) is 0 Å². The smallest absolute Gasteiger partial charge is 0.298 e. The van der Waals surface area contributed by atoms with Crippen molar-refractivity contribution < 1.29 is 25.2 Å². The number of aliphatic hydroxyl groups excluding tert-OH is 4. The third-order valence-electron chi connectivity index (χ3n) is 3.39. The van der Waals surface area contributed by atoms with E-state index in [4.69, 9.17) is 9.84 Å². The fourth-order valence-electron chi connectivity index (χ4n) is 2.22. The number of rotatable bonds is 2. The van der Waals surface area contributed by atoms with Crippen molar-refractivity contribution in [3.8, 4) is 0 Å². The van der Waals surface area contributed by atoms with E-state index in [2.05, 4.69) is 20.3 Å². The average Bonchev–Trinajstić information content (AvgIpc) is 2.96. The second kappa shape index (κ2) is 5.13. The molecule has 1 saturated heterocycles. The van der Waals surface area contributed by atoms with Gasteiger partial charge in [-0.2, -0.15) is 4.68 Å². The number of nitrogens with zero attached hydrogens (tertiary/aromatic N) is 4. The number of nitrogens with one attached hydrogen (secondary N) is 1. The molecule has 1 fully saturated rings. The number of ether oxygens (including phenoxy) is 1. The second-order valence-electron chi connectivity index (χ2n) is 4.66. The highest BCUT2D eigenvalue weighted by atomic mass is 16.6. The van der Waals surface area contributed by atoms with Gasteiger partial charge in [-0.1, -0.05) is 5.21 Å². The molecule has 11 nitrogen and oxygen atoms in total. The summed E-state index contributed by atoms with van der Waals surface area (Å²) in [6, 6.07) is 0. The molecular weight excluding hydrogens is 286 g/mol. The van der Waals surface area contributed by atoms with Crippen molar-refractivity contribution in [2.24, 2.45) is 0 Å². The molecule has 3 heterocycles. The van der Waals surface area contributed by atoms with Gasteiger partial charge >= 0.3 is 0 Å². The minimum atomic E-state index is -1.62. The summed E-state index contributed by atoms with van der Waals surface area (Å²) in [5, 5.41) is 45.8. The molecule has 5 N–H and O–H groups in total. The normalized spacial score (nSPS) is 33.4. The summed E-state index contributed by atoms with van der Waals surface area (Å²) in [5.41, 5.74) is -0.510. The zero-order valence-corrected chi connectivity index (χ0v) is 10.6. The van der Waals surface area contributed by atoms with Gasteiger partial charge in [-0.05, 0) is 0 Å². The lowest BCUT2D eigenvalue weighted by Crippen LogP contribution is -2.58. The third kappa shape index (κ3) is 2.11. The van der Waals surface area contributed by atoms with Gasteiger partial charge in [-0.15, -0.1) is 5.10 Å². The monoisotopic (exact) mass is 299 g/mol. The van der Waals surface area contributed by atoms with Gasteiger partial charge in [0.05, 0.1) is 12.9 Å². The van der Waals surface area contributed by atoms with E-state index in [0.29, 0.717) is 0 Å². The second-order valence-corrected chi connectivity index (χ2v) is 4.66. The van der Waals surface area contributed by atoms with Gasteiger partial charge in [0.2, 0.25) is 5.65 Å². The molecule has 5 atom stereocenters. The van der Waals surface area contributed by atoms with Crippen molar-refractivity contribution in [2.45, 2.75) is 30.6 Å². The molecule has 0 bridgehead atoms. The first-order valence-electron chi connectivity index (χ1n) is 6.13. The predicted molar refractivity (Wildman–Crippen MR) is 65.0 cm³/mol. The minimum Gasteiger partial charge on any atom is -0.394 e.